The molecule has 1 aromatic rings. The predicted octanol–water partition coefficient (Wildman–Crippen LogP) is 3.52. The van der Waals surface area contributed by atoms with Gasteiger partial charge in [0.25, 0.3) is 5.91 Å². The maximum absolute atomic E-state index is 12.0. The lowest BCUT2D eigenvalue weighted by molar-refractivity contribution is -0.123. The molecule has 0 bridgehead atoms. The second-order valence-electron chi connectivity index (χ2n) is 6.20. The molecule has 0 aliphatic heterocycles. The van der Waals surface area contributed by atoms with Gasteiger partial charge in [-0.1, -0.05) is 36.9 Å². The number of ether oxygens (including phenoxy) is 1. The Balaban J connectivity index is 0.00000264. The first kappa shape index (κ1) is 20.1. The topological polar surface area (TPSA) is 41.6 Å². The SMILES string of the molecule is CN(C)C1(CNC(=O)COc2cccc(Cl)c2)CCCCC1.Cl. The molecule has 1 amide bonds. The van der Waals surface area contributed by atoms with Crippen LogP contribution in [0.15, 0.2) is 24.3 Å². The van der Waals surface area contributed by atoms with Crippen molar-refractivity contribution in [3.8, 4) is 5.75 Å². The molecular formula is C17H26Cl2N2O2. The van der Waals surface area contributed by atoms with Gasteiger partial charge >= 0.3 is 0 Å². The van der Waals surface area contributed by atoms with E-state index in [9.17, 15) is 4.79 Å². The van der Waals surface area contributed by atoms with Crippen molar-refractivity contribution >= 4 is 29.9 Å². The Hall–Kier alpha value is -0.970. The van der Waals surface area contributed by atoms with Crippen molar-refractivity contribution < 1.29 is 9.53 Å². The molecule has 1 N–H and O–H groups in total. The van der Waals surface area contributed by atoms with E-state index in [2.05, 4.69) is 24.3 Å². The monoisotopic (exact) mass is 360 g/mol. The smallest absolute Gasteiger partial charge is 0.258 e. The zero-order chi connectivity index (χ0) is 16.0. The fourth-order valence-corrected chi connectivity index (χ4v) is 3.19. The van der Waals surface area contributed by atoms with Gasteiger partial charge in [-0.2, -0.15) is 0 Å². The number of amides is 1. The maximum atomic E-state index is 12.0. The van der Waals surface area contributed by atoms with E-state index in [1.165, 1.54) is 19.3 Å². The molecule has 0 atom stereocenters. The molecule has 1 aromatic carbocycles. The Morgan fingerprint density at radius 1 is 1.30 bits per heavy atom. The van der Waals surface area contributed by atoms with Crippen LogP contribution in [0.25, 0.3) is 0 Å². The van der Waals surface area contributed by atoms with Gasteiger partial charge in [0.2, 0.25) is 0 Å². The van der Waals surface area contributed by atoms with Gasteiger partial charge in [-0.05, 0) is 45.1 Å². The van der Waals surface area contributed by atoms with E-state index >= 15 is 0 Å². The Morgan fingerprint density at radius 3 is 2.61 bits per heavy atom. The highest BCUT2D eigenvalue weighted by atomic mass is 35.5. The van der Waals surface area contributed by atoms with Crippen LogP contribution >= 0.6 is 24.0 Å². The highest BCUT2D eigenvalue weighted by molar-refractivity contribution is 6.30. The lowest BCUT2D eigenvalue weighted by Gasteiger charge is -2.43. The minimum absolute atomic E-state index is 0. The van der Waals surface area contributed by atoms with Crippen molar-refractivity contribution in [2.75, 3.05) is 27.2 Å². The highest BCUT2D eigenvalue weighted by Gasteiger charge is 2.34. The van der Waals surface area contributed by atoms with Crippen molar-refractivity contribution in [3.05, 3.63) is 29.3 Å². The second-order valence-corrected chi connectivity index (χ2v) is 6.64. The summed E-state index contributed by atoms with van der Waals surface area (Å²) >= 11 is 5.89. The fourth-order valence-electron chi connectivity index (χ4n) is 3.01. The number of nitrogens with zero attached hydrogens (tertiary/aromatic N) is 1. The first-order valence-electron chi connectivity index (χ1n) is 7.84. The van der Waals surface area contributed by atoms with Crippen molar-refractivity contribution in [3.63, 3.8) is 0 Å². The minimum atomic E-state index is -0.0910. The Labute approximate surface area is 149 Å². The van der Waals surface area contributed by atoms with Crippen LogP contribution in [0.3, 0.4) is 0 Å². The predicted molar refractivity (Wildman–Crippen MR) is 96.7 cm³/mol. The molecule has 2 rings (SSSR count). The van der Waals surface area contributed by atoms with Crippen LogP contribution in [0.1, 0.15) is 32.1 Å². The van der Waals surface area contributed by atoms with Gasteiger partial charge in [-0.15, -0.1) is 12.4 Å². The molecule has 1 aliphatic carbocycles. The zero-order valence-corrected chi connectivity index (χ0v) is 15.4. The lowest BCUT2D eigenvalue weighted by Crippen LogP contribution is -2.54. The van der Waals surface area contributed by atoms with E-state index < -0.39 is 0 Å². The lowest BCUT2D eigenvalue weighted by atomic mass is 9.80. The summed E-state index contributed by atoms with van der Waals surface area (Å²) in [7, 11) is 4.19. The average molecular weight is 361 g/mol. The molecule has 6 heteroatoms. The van der Waals surface area contributed by atoms with Crippen LogP contribution in [0, 0.1) is 0 Å². The molecular weight excluding hydrogens is 335 g/mol. The molecule has 23 heavy (non-hydrogen) atoms. The summed E-state index contributed by atoms with van der Waals surface area (Å²) in [5.74, 6) is 0.523. The van der Waals surface area contributed by atoms with Crippen molar-refractivity contribution in [2.45, 2.75) is 37.6 Å². The maximum Gasteiger partial charge on any atom is 0.258 e. The van der Waals surface area contributed by atoms with Gasteiger partial charge in [0, 0.05) is 17.1 Å². The number of nitrogens with one attached hydrogen (secondary N) is 1. The Bertz CT molecular complexity index is 503. The van der Waals surface area contributed by atoms with Gasteiger partial charge in [0.1, 0.15) is 5.75 Å². The molecule has 0 radical (unpaired) electrons. The van der Waals surface area contributed by atoms with E-state index in [1.807, 2.05) is 0 Å². The summed E-state index contributed by atoms with van der Waals surface area (Å²) in [5, 5.41) is 3.62. The van der Waals surface area contributed by atoms with Crippen LogP contribution in [0.4, 0.5) is 0 Å². The number of rotatable bonds is 6. The second kappa shape index (κ2) is 9.36. The zero-order valence-electron chi connectivity index (χ0n) is 13.8. The molecule has 0 unspecified atom stereocenters. The molecule has 0 spiro atoms. The van der Waals surface area contributed by atoms with E-state index in [4.69, 9.17) is 16.3 Å². The quantitative estimate of drug-likeness (QED) is 0.843. The van der Waals surface area contributed by atoms with Gasteiger partial charge < -0.3 is 15.0 Å². The van der Waals surface area contributed by atoms with Crippen LogP contribution in [-0.2, 0) is 4.79 Å². The molecule has 0 aromatic heterocycles. The van der Waals surface area contributed by atoms with Gasteiger partial charge in [-0.3, -0.25) is 4.79 Å². The average Bonchev–Trinajstić information content (AvgIpc) is 2.52. The van der Waals surface area contributed by atoms with Crippen molar-refractivity contribution in [1.29, 1.82) is 0 Å². The van der Waals surface area contributed by atoms with Crippen molar-refractivity contribution in [1.82, 2.24) is 10.2 Å². The molecule has 130 valence electrons. The third-order valence-electron chi connectivity index (χ3n) is 4.51. The highest BCUT2D eigenvalue weighted by Crippen LogP contribution is 2.31. The summed E-state index contributed by atoms with van der Waals surface area (Å²) in [6.45, 7) is 0.696. The van der Waals surface area contributed by atoms with E-state index in [0.29, 0.717) is 17.3 Å². The number of carbonyl (C=O) groups is 1. The summed E-state index contributed by atoms with van der Waals surface area (Å²) < 4.78 is 5.47. The number of benzene rings is 1. The first-order chi connectivity index (χ1) is 10.5. The molecule has 4 nitrogen and oxygen atoms in total. The molecule has 1 saturated carbocycles. The number of likely N-dealkylation sites (N-methyl/N-ethyl adjacent to an activating group) is 1. The van der Waals surface area contributed by atoms with Gasteiger partial charge in [-0.25, -0.2) is 0 Å². The summed E-state index contributed by atoms with van der Waals surface area (Å²) in [5.41, 5.74) is 0.0873. The van der Waals surface area contributed by atoms with Crippen molar-refractivity contribution in [2.24, 2.45) is 0 Å². The number of hydrogen-bond donors (Lipinski definition) is 1. The summed E-state index contributed by atoms with van der Waals surface area (Å²) in [6.07, 6.45) is 6.02. The van der Waals surface area contributed by atoms with Crippen LogP contribution in [0.5, 0.6) is 5.75 Å². The minimum Gasteiger partial charge on any atom is -0.484 e. The van der Waals surface area contributed by atoms with E-state index in [-0.39, 0.29) is 30.5 Å². The van der Waals surface area contributed by atoms with Gasteiger partial charge in [0.15, 0.2) is 6.61 Å². The normalized spacial score (nSPS) is 16.5. The largest absolute Gasteiger partial charge is 0.484 e. The summed E-state index contributed by atoms with van der Waals surface area (Å²) in [4.78, 5) is 14.3. The molecule has 1 aliphatic rings. The van der Waals surface area contributed by atoms with Crippen LogP contribution in [-0.4, -0.2) is 43.6 Å². The van der Waals surface area contributed by atoms with E-state index in [0.717, 1.165) is 12.8 Å². The standard InChI is InChI=1S/C17H25ClN2O2.ClH/c1-20(2)17(9-4-3-5-10-17)13-19-16(21)12-22-15-8-6-7-14(18)11-15;/h6-8,11H,3-5,9-10,12-13H2,1-2H3,(H,19,21);1H. The van der Waals surface area contributed by atoms with Crippen LogP contribution in [0.2, 0.25) is 5.02 Å². The Morgan fingerprint density at radius 2 is 2.00 bits per heavy atom. The summed E-state index contributed by atoms with van der Waals surface area (Å²) in [6, 6.07) is 7.08. The third-order valence-corrected chi connectivity index (χ3v) is 4.75. The van der Waals surface area contributed by atoms with Gasteiger partial charge in [0.05, 0.1) is 0 Å². The molecule has 0 saturated heterocycles. The fraction of sp³-hybridized carbons (Fsp3) is 0.588. The first-order valence-corrected chi connectivity index (χ1v) is 8.22. The van der Waals surface area contributed by atoms with Crippen LogP contribution < -0.4 is 10.1 Å². The Kier molecular flexibility index (Phi) is 8.17. The number of carbonyl (C=O) groups excluding carboxylic acids is 1. The number of hydrogen-bond acceptors (Lipinski definition) is 3. The third kappa shape index (κ3) is 5.87. The molecule has 1 fully saturated rings. The number of halogens is 2. The van der Waals surface area contributed by atoms with E-state index in [1.54, 1.807) is 24.3 Å². The molecule has 0 heterocycles.